The van der Waals surface area contributed by atoms with Crippen molar-refractivity contribution in [2.45, 2.75) is 53.2 Å². The smallest absolute Gasteiger partial charge is 0.228 e. The fraction of sp³-hybridized carbons (Fsp3) is 0.161. The van der Waals surface area contributed by atoms with E-state index in [0.717, 1.165) is 128 Å². The molecule has 0 atom stereocenters. The topological polar surface area (TPSA) is 199 Å². The number of thiophene rings is 2. The molecule has 0 spiro atoms. The molecule has 0 saturated carbocycles. The van der Waals surface area contributed by atoms with Crippen molar-refractivity contribution in [2.24, 2.45) is 15.1 Å². The Morgan fingerprint density at radius 2 is 1.61 bits per heavy atom. The Bertz CT molecular complexity index is 4210. The Balaban J connectivity index is 0.899. The van der Waals surface area contributed by atoms with E-state index in [4.69, 9.17) is 30.0 Å². The molecule has 11 heterocycles. The van der Waals surface area contributed by atoms with Gasteiger partial charge in [0.05, 0.1) is 71.6 Å². The summed E-state index contributed by atoms with van der Waals surface area (Å²) in [6.07, 6.45) is 21.9. The fourth-order valence-electron chi connectivity index (χ4n) is 10.5. The number of anilines is 2. The molecule has 80 heavy (non-hydrogen) atoms. The van der Waals surface area contributed by atoms with E-state index in [9.17, 15) is 4.79 Å². The number of rotatable bonds is 12. The van der Waals surface area contributed by atoms with Crippen molar-refractivity contribution in [3.8, 4) is 43.3 Å². The highest BCUT2D eigenvalue weighted by Crippen LogP contribution is 2.47. The summed E-state index contributed by atoms with van der Waals surface area (Å²) in [7, 11) is 4.09. The van der Waals surface area contributed by atoms with Crippen LogP contribution in [0, 0.1) is 13.8 Å². The van der Waals surface area contributed by atoms with E-state index in [1.54, 1.807) is 35.2 Å². The number of pyridine rings is 5. The molecular weight excluding hydrogens is 1030 g/mol. The number of allylic oxidation sites excluding steroid dienone is 6. The summed E-state index contributed by atoms with van der Waals surface area (Å²) < 4.78 is 0. The van der Waals surface area contributed by atoms with Gasteiger partial charge in [-0.15, -0.1) is 22.7 Å². The maximum Gasteiger partial charge on any atom is 0.228 e. The van der Waals surface area contributed by atoms with Gasteiger partial charge in [-0.2, -0.15) is 5.10 Å². The molecule has 0 bridgehead atoms. The molecule has 1 aliphatic carbocycles. The van der Waals surface area contributed by atoms with Gasteiger partial charge in [0, 0.05) is 96.1 Å². The molecule has 0 saturated heterocycles. The minimum Gasteiger partial charge on any atom is -0.357 e. The average molecular weight is 1090 g/mol. The van der Waals surface area contributed by atoms with Crippen LogP contribution in [0.3, 0.4) is 0 Å². The summed E-state index contributed by atoms with van der Waals surface area (Å²) in [4.78, 5) is 63.2. The van der Waals surface area contributed by atoms with E-state index in [0.29, 0.717) is 48.1 Å². The van der Waals surface area contributed by atoms with E-state index in [-0.39, 0.29) is 12.3 Å². The molecule has 1 aromatic carbocycles. The predicted octanol–water partition coefficient (Wildman–Crippen LogP) is 11.5. The van der Waals surface area contributed by atoms with E-state index in [2.05, 4.69) is 109 Å². The van der Waals surface area contributed by atoms with Gasteiger partial charge in [-0.3, -0.25) is 24.7 Å². The number of aliphatic imine (C=N–C) groups is 2. The lowest BCUT2D eigenvalue weighted by molar-refractivity contribution is -0.119. The molecule has 9 aromatic rings. The largest absolute Gasteiger partial charge is 0.357 e. The molecule has 1 amide bonds. The lowest BCUT2D eigenvalue weighted by Crippen LogP contribution is -2.25. The molecule has 0 radical (unpaired) electrons. The third kappa shape index (κ3) is 9.95. The zero-order valence-electron chi connectivity index (χ0n) is 44.5. The molecular formula is C62H53N15OS2. The molecule has 18 heteroatoms. The second-order valence-corrected chi connectivity index (χ2v) is 23.0. The van der Waals surface area contributed by atoms with Gasteiger partial charge >= 0.3 is 0 Å². The van der Waals surface area contributed by atoms with Crippen LogP contribution in [-0.2, 0) is 30.8 Å². The Morgan fingerprint density at radius 3 is 2.48 bits per heavy atom. The van der Waals surface area contributed by atoms with Crippen molar-refractivity contribution < 1.29 is 4.79 Å². The van der Waals surface area contributed by atoms with Crippen LogP contribution in [0.4, 0.5) is 11.4 Å². The number of amides is 1. The number of carbonyl (C=O) groups excluding carboxylic acids is 1. The highest BCUT2D eigenvalue weighted by molar-refractivity contribution is 7.16. The SMILES string of the molecule is CC1=CC(NC(=O)Cc2ccccc2)=CC(c2cc(-c3cc(C)sc3-c3cncc4c3NC=C(C3=NC=NCc5ccc(-c6cncc(CN(C)C)c6)nc53)N4)c3c(n2)C(c2nc4c(-c5ccc(C)s5)cncc4[nH]2)=NNC3)=CC1. The van der Waals surface area contributed by atoms with Gasteiger partial charge in [-0.25, -0.2) is 19.9 Å². The molecule has 5 N–H and O–H groups in total. The number of imidazole rings is 1. The summed E-state index contributed by atoms with van der Waals surface area (Å²) in [5.74, 6) is 0.461. The molecule has 0 fully saturated rings. The maximum atomic E-state index is 13.6. The fourth-order valence-corrected chi connectivity index (χ4v) is 12.4. The molecule has 394 valence electrons. The molecule has 8 aromatic heterocycles. The first-order valence-electron chi connectivity index (χ1n) is 26.2. The maximum absolute atomic E-state index is 13.6. The quantitative estimate of drug-likeness (QED) is 0.0780. The number of carbonyl (C=O) groups is 1. The number of nitrogens with one attached hydrogen (secondary N) is 5. The van der Waals surface area contributed by atoms with Crippen LogP contribution in [0.2, 0.25) is 0 Å². The van der Waals surface area contributed by atoms with Gasteiger partial charge in [-0.1, -0.05) is 48.0 Å². The Hall–Kier alpha value is -9.36. The van der Waals surface area contributed by atoms with Crippen molar-refractivity contribution in [3.63, 3.8) is 0 Å². The van der Waals surface area contributed by atoms with Gasteiger partial charge < -0.3 is 31.3 Å². The van der Waals surface area contributed by atoms with Gasteiger partial charge in [0.25, 0.3) is 0 Å². The zero-order chi connectivity index (χ0) is 54.4. The normalized spacial score (nSPS) is 14.6. The second-order valence-electron chi connectivity index (χ2n) is 20.4. The van der Waals surface area contributed by atoms with Gasteiger partial charge in [0.2, 0.25) is 5.91 Å². The summed E-state index contributed by atoms with van der Waals surface area (Å²) in [5.41, 5.74) is 22.9. The van der Waals surface area contributed by atoms with Crippen molar-refractivity contribution in [3.05, 3.63) is 206 Å². The highest BCUT2D eigenvalue weighted by atomic mass is 32.1. The Labute approximate surface area is 469 Å². The number of H-pyrrole nitrogens is 1. The molecule has 0 unspecified atom stereocenters. The van der Waals surface area contributed by atoms with Crippen molar-refractivity contribution >= 4 is 74.3 Å². The summed E-state index contributed by atoms with van der Waals surface area (Å²) >= 11 is 3.41. The van der Waals surface area contributed by atoms with Crippen molar-refractivity contribution in [1.29, 1.82) is 0 Å². The average Bonchev–Trinajstić information content (AvgIpc) is 4.23. The third-order valence-corrected chi connectivity index (χ3v) is 16.2. The number of aromatic amines is 1. The first kappa shape index (κ1) is 50.2. The van der Waals surface area contributed by atoms with Crippen LogP contribution >= 0.6 is 22.7 Å². The number of hydrogen-bond acceptors (Lipinski definition) is 16. The van der Waals surface area contributed by atoms with Crippen LogP contribution < -0.4 is 21.4 Å². The van der Waals surface area contributed by atoms with Crippen LogP contribution in [0.5, 0.6) is 0 Å². The monoisotopic (exact) mass is 1090 g/mol. The van der Waals surface area contributed by atoms with Gasteiger partial charge in [0.15, 0.2) is 11.5 Å². The number of hydrogen-bond donors (Lipinski definition) is 5. The summed E-state index contributed by atoms with van der Waals surface area (Å²) in [5, 5.41) is 15.5. The number of nitrogens with zero attached hydrogens (tertiary/aromatic N) is 10. The van der Waals surface area contributed by atoms with Crippen molar-refractivity contribution in [1.82, 2.24) is 50.5 Å². The van der Waals surface area contributed by atoms with E-state index in [1.807, 2.05) is 99.8 Å². The summed E-state index contributed by atoms with van der Waals surface area (Å²) in [6.45, 7) is 7.93. The standard InChI is InChI=1S/C62H53N15OS2/c1-34-11-13-39(21-42(17-34)70-54(78)20-37-9-7-6-8-10-37)49-22-43(45-28-69-76-60(58(45)73-49)62-74-51-30-64-26-46(57(51)75-62)53-16-12-35(2)79-53)44-18-36(3)80-61(44)47-27-65-29-50-56(47)67-31-52(71-50)59-55-40(24-66-33-68-59)14-15-48(72-55)41-19-38(23-63-25-41)32-77(4)5/h6-10,12-19,21-23,25-27,29-31,33,67,69,71H,11,20,24,28,32H2,1-5H3,(H,70,78)(H,74,75). The second kappa shape index (κ2) is 21.1. The van der Waals surface area contributed by atoms with Crippen LogP contribution in [0.1, 0.15) is 68.3 Å². The van der Waals surface area contributed by atoms with Gasteiger partial charge in [-0.05, 0) is 112 Å². The number of fused-ring (bicyclic) bond motifs is 4. The predicted molar refractivity (Wildman–Crippen MR) is 322 cm³/mol. The van der Waals surface area contributed by atoms with E-state index < -0.39 is 0 Å². The van der Waals surface area contributed by atoms with Crippen LogP contribution in [0.15, 0.2) is 166 Å². The van der Waals surface area contributed by atoms with Crippen LogP contribution in [-0.4, -0.2) is 77.6 Å². The van der Waals surface area contributed by atoms with Crippen LogP contribution in [0.25, 0.3) is 59.9 Å². The van der Waals surface area contributed by atoms with Crippen molar-refractivity contribution in [2.75, 3.05) is 24.7 Å². The molecule has 13 rings (SSSR count). The Kier molecular flexibility index (Phi) is 13.2. The highest BCUT2D eigenvalue weighted by Gasteiger charge is 2.30. The number of benzene rings is 1. The lowest BCUT2D eigenvalue weighted by Gasteiger charge is -2.24. The van der Waals surface area contributed by atoms with E-state index in [1.165, 1.54) is 4.88 Å². The number of aryl methyl sites for hydroxylation is 2. The minimum atomic E-state index is -0.103. The Morgan fingerprint density at radius 1 is 0.762 bits per heavy atom. The first-order valence-corrected chi connectivity index (χ1v) is 27.9. The number of hydrazone groups is 1. The third-order valence-electron chi connectivity index (χ3n) is 14.1. The first-order chi connectivity index (χ1) is 39.0. The van der Waals surface area contributed by atoms with E-state index >= 15 is 0 Å². The number of aromatic nitrogens is 7. The minimum absolute atomic E-state index is 0.103. The van der Waals surface area contributed by atoms with Gasteiger partial charge in [0.1, 0.15) is 23.3 Å². The molecule has 3 aliphatic heterocycles. The zero-order valence-corrected chi connectivity index (χ0v) is 46.1. The lowest BCUT2D eigenvalue weighted by atomic mass is 9.92. The summed E-state index contributed by atoms with van der Waals surface area (Å²) in [6, 6.07) is 24.7. The molecule has 16 nitrogen and oxygen atoms in total. The molecule has 4 aliphatic rings.